The third kappa shape index (κ3) is 3.20. The number of aromatic nitrogens is 2. The van der Waals surface area contributed by atoms with Crippen molar-refractivity contribution in [2.45, 2.75) is 13.1 Å². The van der Waals surface area contributed by atoms with Gasteiger partial charge in [0.15, 0.2) is 0 Å². The number of ether oxygens (including phenoxy) is 1. The molecule has 0 bridgehead atoms. The normalized spacial score (nSPS) is 11.5. The number of rotatable bonds is 3. The van der Waals surface area contributed by atoms with Gasteiger partial charge in [-0.3, -0.25) is 5.10 Å². The second kappa shape index (κ2) is 6.18. The van der Waals surface area contributed by atoms with Gasteiger partial charge >= 0.3 is 12.1 Å². The summed E-state index contributed by atoms with van der Waals surface area (Å²) >= 11 is 11.8. The zero-order chi connectivity index (χ0) is 16.5. The Morgan fingerprint density at radius 3 is 2.41 bits per heavy atom. The Labute approximate surface area is 133 Å². The predicted molar refractivity (Wildman–Crippen MR) is 75.0 cm³/mol. The maximum absolute atomic E-state index is 12.7. The third-order valence-corrected chi connectivity index (χ3v) is 3.35. The molecule has 0 fully saturated rings. The van der Waals surface area contributed by atoms with Gasteiger partial charge in [-0.05, 0) is 19.1 Å². The van der Waals surface area contributed by atoms with E-state index < -0.39 is 17.7 Å². The van der Waals surface area contributed by atoms with Crippen LogP contribution in [0, 0.1) is 0 Å². The largest absolute Gasteiger partial charge is 0.462 e. The molecular weight excluding hydrogens is 344 g/mol. The molecule has 0 atom stereocenters. The van der Waals surface area contributed by atoms with Gasteiger partial charge in [0.05, 0.1) is 34.1 Å². The molecule has 1 heterocycles. The highest BCUT2D eigenvalue weighted by Crippen LogP contribution is 2.40. The summed E-state index contributed by atoms with van der Waals surface area (Å²) in [6, 6.07) is 1.47. The van der Waals surface area contributed by atoms with E-state index in [0.717, 1.165) is 12.1 Å². The summed E-state index contributed by atoms with van der Waals surface area (Å²) in [6.45, 7) is 1.76. The molecule has 118 valence electrons. The predicted octanol–water partition coefficient (Wildman–Crippen LogP) is 4.58. The van der Waals surface area contributed by atoms with Crippen molar-refractivity contribution < 1.29 is 22.7 Å². The molecule has 0 aliphatic carbocycles. The second-order valence-corrected chi connectivity index (χ2v) is 5.01. The van der Waals surface area contributed by atoms with E-state index in [2.05, 4.69) is 10.2 Å². The van der Waals surface area contributed by atoms with Crippen LogP contribution in [-0.4, -0.2) is 22.8 Å². The number of hydrogen-bond acceptors (Lipinski definition) is 3. The van der Waals surface area contributed by atoms with Crippen LogP contribution in [0.25, 0.3) is 11.3 Å². The van der Waals surface area contributed by atoms with E-state index in [1.807, 2.05) is 0 Å². The van der Waals surface area contributed by atoms with E-state index in [4.69, 9.17) is 27.9 Å². The quantitative estimate of drug-likeness (QED) is 0.822. The molecule has 0 radical (unpaired) electrons. The zero-order valence-electron chi connectivity index (χ0n) is 11.1. The number of H-pyrrole nitrogens is 1. The Balaban J connectivity index is 2.56. The van der Waals surface area contributed by atoms with E-state index in [0.29, 0.717) is 0 Å². The van der Waals surface area contributed by atoms with E-state index in [1.54, 1.807) is 6.92 Å². The van der Waals surface area contributed by atoms with Crippen LogP contribution in [0.3, 0.4) is 0 Å². The van der Waals surface area contributed by atoms with E-state index in [1.165, 1.54) is 6.20 Å². The van der Waals surface area contributed by atoms with Gasteiger partial charge in [0.1, 0.15) is 5.56 Å². The lowest BCUT2D eigenvalue weighted by molar-refractivity contribution is -0.137. The maximum Gasteiger partial charge on any atom is 0.416 e. The van der Waals surface area contributed by atoms with Gasteiger partial charge < -0.3 is 4.74 Å². The molecule has 22 heavy (non-hydrogen) atoms. The third-order valence-electron chi connectivity index (χ3n) is 2.75. The molecule has 0 saturated carbocycles. The molecule has 0 unspecified atom stereocenters. The van der Waals surface area contributed by atoms with Crippen LogP contribution in [0.15, 0.2) is 18.3 Å². The highest BCUT2D eigenvalue weighted by atomic mass is 35.5. The molecule has 0 spiro atoms. The number of nitrogens with zero attached hydrogens (tertiary/aromatic N) is 1. The minimum absolute atomic E-state index is 0.0328. The molecule has 1 N–H and O–H groups in total. The molecule has 0 aliphatic heterocycles. The molecule has 0 saturated heterocycles. The van der Waals surface area contributed by atoms with Gasteiger partial charge in [0.2, 0.25) is 0 Å². The standard InChI is InChI=1S/C13H9Cl2F3N2O2/c1-2-22-12(21)7-5-19-20-11(7)10-8(14)3-6(4-9(10)15)13(16,17)18/h3-5H,2H2,1H3,(H,19,20). The molecule has 4 nitrogen and oxygen atoms in total. The first-order chi connectivity index (χ1) is 10.3. The van der Waals surface area contributed by atoms with Crippen molar-refractivity contribution >= 4 is 29.2 Å². The highest BCUT2D eigenvalue weighted by Gasteiger charge is 2.32. The van der Waals surface area contributed by atoms with Crippen LogP contribution < -0.4 is 0 Å². The molecular formula is C13H9Cl2F3N2O2. The van der Waals surface area contributed by atoms with Gasteiger partial charge in [-0.15, -0.1) is 0 Å². The Hall–Kier alpha value is -1.73. The van der Waals surface area contributed by atoms with Crippen molar-refractivity contribution in [1.82, 2.24) is 10.2 Å². The Kier molecular flexibility index (Phi) is 4.67. The van der Waals surface area contributed by atoms with Gasteiger partial charge in [0.25, 0.3) is 0 Å². The smallest absolute Gasteiger partial charge is 0.416 e. The van der Waals surface area contributed by atoms with Gasteiger partial charge in [0, 0.05) is 5.56 Å². The fourth-order valence-corrected chi connectivity index (χ4v) is 2.49. The lowest BCUT2D eigenvalue weighted by Crippen LogP contribution is -2.07. The average Bonchev–Trinajstić information content (AvgIpc) is 2.86. The van der Waals surface area contributed by atoms with Crippen molar-refractivity contribution in [2.24, 2.45) is 0 Å². The fraction of sp³-hybridized carbons (Fsp3) is 0.231. The maximum atomic E-state index is 12.7. The van der Waals surface area contributed by atoms with Crippen LogP contribution in [0.2, 0.25) is 10.0 Å². The monoisotopic (exact) mass is 352 g/mol. The summed E-state index contributed by atoms with van der Waals surface area (Å²) in [4.78, 5) is 11.8. The molecule has 2 aromatic rings. The lowest BCUT2D eigenvalue weighted by Gasteiger charge is -2.12. The fourth-order valence-electron chi connectivity index (χ4n) is 1.82. The molecule has 9 heteroatoms. The average molecular weight is 353 g/mol. The van der Waals surface area contributed by atoms with E-state index >= 15 is 0 Å². The Morgan fingerprint density at radius 1 is 1.32 bits per heavy atom. The van der Waals surface area contributed by atoms with Gasteiger partial charge in [-0.2, -0.15) is 18.3 Å². The first-order valence-electron chi connectivity index (χ1n) is 6.02. The van der Waals surface area contributed by atoms with Crippen molar-refractivity contribution in [3.8, 4) is 11.3 Å². The number of halogens is 5. The Bertz CT molecular complexity index is 691. The topological polar surface area (TPSA) is 55.0 Å². The minimum Gasteiger partial charge on any atom is -0.462 e. The summed E-state index contributed by atoms with van der Waals surface area (Å²) in [5.74, 6) is -0.682. The summed E-state index contributed by atoms with van der Waals surface area (Å²) in [5, 5.41) is 5.68. The summed E-state index contributed by atoms with van der Waals surface area (Å²) in [5.41, 5.74) is -0.798. The van der Waals surface area contributed by atoms with Crippen molar-refractivity contribution in [1.29, 1.82) is 0 Å². The van der Waals surface area contributed by atoms with E-state index in [9.17, 15) is 18.0 Å². The van der Waals surface area contributed by atoms with Crippen molar-refractivity contribution in [3.05, 3.63) is 39.5 Å². The molecule has 1 aromatic carbocycles. The Morgan fingerprint density at radius 2 is 1.91 bits per heavy atom. The van der Waals surface area contributed by atoms with Crippen LogP contribution in [-0.2, 0) is 10.9 Å². The number of benzene rings is 1. The number of carbonyl (C=O) groups excluding carboxylic acids is 1. The van der Waals surface area contributed by atoms with Crippen molar-refractivity contribution in [3.63, 3.8) is 0 Å². The first-order valence-corrected chi connectivity index (χ1v) is 6.78. The highest BCUT2D eigenvalue weighted by molar-refractivity contribution is 6.39. The van der Waals surface area contributed by atoms with Crippen LogP contribution in [0.4, 0.5) is 13.2 Å². The molecule has 0 aliphatic rings. The molecule has 2 rings (SSSR count). The number of nitrogens with one attached hydrogen (secondary N) is 1. The number of hydrogen-bond donors (Lipinski definition) is 1. The van der Waals surface area contributed by atoms with Gasteiger partial charge in [-0.25, -0.2) is 4.79 Å². The summed E-state index contributed by atoms with van der Waals surface area (Å²) in [7, 11) is 0. The summed E-state index contributed by atoms with van der Waals surface area (Å²) in [6.07, 6.45) is -3.39. The van der Waals surface area contributed by atoms with Crippen molar-refractivity contribution in [2.75, 3.05) is 6.61 Å². The molecule has 0 amide bonds. The van der Waals surface area contributed by atoms with Crippen LogP contribution in [0.5, 0.6) is 0 Å². The summed E-state index contributed by atoms with van der Waals surface area (Å²) < 4.78 is 43.0. The molecule has 1 aromatic heterocycles. The number of carbonyl (C=O) groups is 1. The SMILES string of the molecule is CCOC(=O)c1cn[nH]c1-c1c(Cl)cc(C(F)(F)F)cc1Cl. The zero-order valence-corrected chi connectivity index (χ0v) is 12.6. The number of aromatic amines is 1. The van der Waals surface area contributed by atoms with Gasteiger partial charge in [-0.1, -0.05) is 23.2 Å². The number of esters is 1. The second-order valence-electron chi connectivity index (χ2n) is 4.19. The first kappa shape index (κ1) is 16.6. The van der Waals surface area contributed by atoms with E-state index in [-0.39, 0.29) is 33.5 Å². The minimum atomic E-state index is -4.58. The van der Waals surface area contributed by atoms with Crippen LogP contribution in [0.1, 0.15) is 22.8 Å². The number of alkyl halides is 3. The lowest BCUT2D eigenvalue weighted by atomic mass is 10.1. The van der Waals surface area contributed by atoms with Crippen LogP contribution >= 0.6 is 23.2 Å².